The lowest BCUT2D eigenvalue weighted by atomic mass is 9.97. The van der Waals surface area contributed by atoms with Crippen molar-refractivity contribution in [2.75, 3.05) is 26.2 Å². The van der Waals surface area contributed by atoms with Crippen LogP contribution in [0.15, 0.2) is 15.7 Å². The van der Waals surface area contributed by atoms with Crippen molar-refractivity contribution in [2.45, 2.75) is 63.1 Å². The summed E-state index contributed by atoms with van der Waals surface area (Å²) in [6.07, 6.45) is 3.88. The first-order chi connectivity index (χ1) is 14.2. The van der Waals surface area contributed by atoms with Gasteiger partial charge in [0.05, 0.1) is 5.56 Å². The van der Waals surface area contributed by atoms with E-state index in [1.165, 1.54) is 10.4 Å². The molecule has 3 heterocycles. The SMILES string of the molecule is CC[C@H](C)NC(=O)C1CCN(S(=O)(=O)c2cc(C(=O)N3CCC(C)CC3)cs2)CC1. The Hall–Kier alpha value is -1.45. The fourth-order valence-corrected chi connectivity index (χ4v) is 6.68. The van der Waals surface area contributed by atoms with E-state index in [2.05, 4.69) is 12.2 Å². The number of thiophene rings is 1. The quantitative estimate of drug-likeness (QED) is 0.715. The number of hydrogen-bond donors (Lipinski definition) is 1. The van der Waals surface area contributed by atoms with Crippen LogP contribution in [-0.2, 0) is 14.8 Å². The lowest BCUT2D eigenvalue weighted by Crippen LogP contribution is -2.44. The second kappa shape index (κ2) is 9.78. The number of nitrogens with zero attached hydrogens (tertiary/aromatic N) is 2. The third-order valence-corrected chi connectivity index (χ3v) is 9.63. The molecule has 1 N–H and O–H groups in total. The predicted molar refractivity (Wildman–Crippen MR) is 118 cm³/mol. The molecule has 30 heavy (non-hydrogen) atoms. The van der Waals surface area contributed by atoms with E-state index in [0.717, 1.165) is 43.7 Å². The highest BCUT2D eigenvalue weighted by molar-refractivity contribution is 7.91. The molecule has 0 spiro atoms. The number of nitrogens with one attached hydrogen (secondary N) is 1. The molecule has 168 valence electrons. The molecule has 2 amide bonds. The van der Waals surface area contributed by atoms with Gasteiger partial charge >= 0.3 is 0 Å². The molecule has 7 nitrogen and oxygen atoms in total. The second-order valence-electron chi connectivity index (χ2n) is 8.63. The largest absolute Gasteiger partial charge is 0.353 e. The van der Waals surface area contributed by atoms with Crippen LogP contribution in [0, 0.1) is 11.8 Å². The lowest BCUT2D eigenvalue weighted by Gasteiger charge is -2.31. The van der Waals surface area contributed by atoms with Crippen molar-refractivity contribution in [1.82, 2.24) is 14.5 Å². The maximum absolute atomic E-state index is 13.1. The van der Waals surface area contributed by atoms with Crippen LogP contribution in [0.3, 0.4) is 0 Å². The monoisotopic (exact) mass is 455 g/mol. The molecule has 0 aromatic carbocycles. The van der Waals surface area contributed by atoms with E-state index in [9.17, 15) is 18.0 Å². The minimum atomic E-state index is -3.64. The number of carbonyl (C=O) groups excluding carboxylic acids is 2. The van der Waals surface area contributed by atoms with E-state index in [4.69, 9.17) is 0 Å². The van der Waals surface area contributed by atoms with Crippen molar-refractivity contribution in [3.05, 3.63) is 17.0 Å². The molecule has 3 rings (SSSR count). The zero-order chi connectivity index (χ0) is 21.9. The summed E-state index contributed by atoms with van der Waals surface area (Å²) in [4.78, 5) is 26.9. The predicted octanol–water partition coefficient (Wildman–Crippen LogP) is 2.94. The van der Waals surface area contributed by atoms with Gasteiger partial charge in [-0.1, -0.05) is 13.8 Å². The van der Waals surface area contributed by atoms with Gasteiger partial charge in [0.15, 0.2) is 0 Å². The standard InChI is InChI=1S/C21H33N3O4S2/c1-4-16(3)22-20(25)17-7-11-24(12-8-17)30(27,28)19-13-18(14-29-19)21(26)23-9-5-15(2)6-10-23/h13-17H,4-12H2,1-3H3,(H,22,25)/t16-/m0/s1. The molecule has 1 aromatic rings. The molecule has 1 aromatic heterocycles. The summed E-state index contributed by atoms with van der Waals surface area (Å²) < 4.78 is 27.8. The zero-order valence-corrected chi connectivity index (χ0v) is 19.7. The minimum absolute atomic E-state index is 0.0151. The van der Waals surface area contributed by atoms with Gasteiger partial charge < -0.3 is 10.2 Å². The number of sulfonamides is 1. The number of hydrogen-bond acceptors (Lipinski definition) is 5. The number of piperidine rings is 2. The van der Waals surface area contributed by atoms with E-state index in [1.54, 1.807) is 5.38 Å². The minimum Gasteiger partial charge on any atom is -0.353 e. The van der Waals surface area contributed by atoms with Gasteiger partial charge in [0.1, 0.15) is 4.21 Å². The van der Waals surface area contributed by atoms with Crippen LogP contribution in [0.1, 0.15) is 63.2 Å². The van der Waals surface area contributed by atoms with Crippen LogP contribution < -0.4 is 5.32 Å². The smallest absolute Gasteiger partial charge is 0.254 e. The molecule has 2 fully saturated rings. The van der Waals surface area contributed by atoms with Crippen molar-refractivity contribution in [3.8, 4) is 0 Å². The van der Waals surface area contributed by atoms with Crippen molar-refractivity contribution in [2.24, 2.45) is 11.8 Å². The Morgan fingerprint density at radius 2 is 1.80 bits per heavy atom. The molecular formula is C21H33N3O4S2. The molecule has 2 saturated heterocycles. The van der Waals surface area contributed by atoms with Gasteiger partial charge in [-0.3, -0.25) is 9.59 Å². The first-order valence-corrected chi connectivity index (χ1v) is 13.2. The summed E-state index contributed by atoms with van der Waals surface area (Å²) in [5.41, 5.74) is 0.455. The summed E-state index contributed by atoms with van der Waals surface area (Å²) in [5.74, 6) is 0.413. The normalized spacial score (nSPS) is 20.8. The van der Waals surface area contributed by atoms with Crippen LogP contribution >= 0.6 is 11.3 Å². The summed E-state index contributed by atoms with van der Waals surface area (Å²) in [7, 11) is -3.64. The van der Waals surface area contributed by atoms with E-state index in [0.29, 0.717) is 37.4 Å². The molecular weight excluding hydrogens is 422 g/mol. The average molecular weight is 456 g/mol. The molecule has 2 aliphatic rings. The third kappa shape index (κ3) is 5.23. The Labute approximate surface area is 183 Å². The summed E-state index contributed by atoms with van der Waals surface area (Å²) in [6, 6.07) is 1.65. The van der Waals surface area contributed by atoms with Crippen LogP contribution in [0.25, 0.3) is 0 Å². The van der Waals surface area contributed by atoms with Gasteiger partial charge in [-0.05, 0) is 51.0 Å². The maximum Gasteiger partial charge on any atom is 0.254 e. The van der Waals surface area contributed by atoms with E-state index < -0.39 is 10.0 Å². The van der Waals surface area contributed by atoms with Crippen molar-refractivity contribution >= 4 is 33.2 Å². The van der Waals surface area contributed by atoms with E-state index in [1.807, 2.05) is 18.7 Å². The van der Waals surface area contributed by atoms with Crippen LogP contribution in [0.4, 0.5) is 0 Å². The van der Waals surface area contributed by atoms with E-state index in [-0.39, 0.29) is 28.0 Å². The van der Waals surface area contributed by atoms with Crippen molar-refractivity contribution in [1.29, 1.82) is 0 Å². The molecule has 0 saturated carbocycles. The summed E-state index contributed by atoms with van der Waals surface area (Å²) in [6.45, 7) is 8.28. The number of carbonyl (C=O) groups is 2. The highest BCUT2D eigenvalue weighted by Crippen LogP contribution is 2.29. The molecule has 0 unspecified atom stereocenters. The highest BCUT2D eigenvalue weighted by atomic mass is 32.2. The number of likely N-dealkylation sites (tertiary alicyclic amines) is 1. The fourth-order valence-electron chi connectivity index (χ4n) is 3.91. The second-order valence-corrected chi connectivity index (χ2v) is 11.7. The Morgan fingerprint density at radius 1 is 1.17 bits per heavy atom. The fraction of sp³-hybridized carbons (Fsp3) is 0.714. The van der Waals surface area contributed by atoms with Crippen LogP contribution in [0.2, 0.25) is 0 Å². The van der Waals surface area contributed by atoms with Crippen molar-refractivity contribution < 1.29 is 18.0 Å². The van der Waals surface area contributed by atoms with Gasteiger partial charge in [0, 0.05) is 43.5 Å². The Morgan fingerprint density at radius 3 is 2.40 bits per heavy atom. The molecule has 1 atom stereocenters. The molecule has 0 bridgehead atoms. The Kier molecular flexibility index (Phi) is 7.57. The topological polar surface area (TPSA) is 86.8 Å². The van der Waals surface area contributed by atoms with Crippen LogP contribution in [-0.4, -0.2) is 61.7 Å². The lowest BCUT2D eigenvalue weighted by molar-refractivity contribution is -0.126. The highest BCUT2D eigenvalue weighted by Gasteiger charge is 2.34. The maximum atomic E-state index is 13.1. The van der Waals surface area contributed by atoms with Gasteiger partial charge in [-0.25, -0.2) is 8.42 Å². The molecule has 0 radical (unpaired) electrons. The van der Waals surface area contributed by atoms with Gasteiger partial charge in [-0.15, -0.1) is 11.3 Å². The van der Waals surface area contributed by atoms with Crippen LogP contribution in [0.5, 0.6) is 0 Å². The van der Waals surface area contributed by atoms with Gasteiger partial charge in [-0.2, -0.15) is 4.31 Å². The summed E-state index contributed by atoms with van der Waals surface area (Å²) in [5, 5.41) is 4.64. The summed E-state index contributed by atoms with van der Waals surface area (Å²) >= 11 is 1.11. The van der Waals surface area contributed by atoms with E-state index >= 15 is 0 Å². The first kappa shape index (κ1) is 23.2. The number of amides is 2. The third-order valence-electron chi connectivity index (χ3n) is 6.31. The molecule has 9 heteroatoms. The van der Waals surface area contributed by atoms with Gasteiger partial charge in [0.2, 0.25) is 5.91 Å². The Bertz CT molecular complexity index is 851. The Balaban J connectivity index is 1.60. The first-order valence-electron chi connectivity index (χ1n) is 10.9. The average Bonchev–Trinajstić information content (AvgIpc) is 3.25. The molecule has 0 aliphatic carbocycles. The number of rotatable bonds is 6. The van der Waals surface area contributed by atoms with Gasteiger partial charge in [0.25, 0.3) is 15.9 Å². The molecule has 2 aliphatic heterocycles. The zero-order valence-electron chi connectivity index (χ0n) is 18.1. The van der Waals surface area contributed by atoms with Crippen molar-refractivity contribution in [3.63, 3.8) is 0 Å².